The van der Waals surface area contributed by atoms with Crippen LogP contribution in [0.2, 0.25) is 0 Å². The van der Waals surface area contributed by atoms with Crippen molar-refractivity contribution in [2.45, 2.75) is 20.8 Å². The van der Waals surface area contributed by atoms with Crippen molar-refractivity contribution in [1.29, 1.82) is 0 Å². The lowest BCUT2D eigenvalue weighted by Crippen LogP contribution is -1.99. The first-order valence-corrected chi connectivity index (χ1v) is 4.75. The van der Waals surface area contributed by atoms with Crippen LogP contribution in [0, 0.1) is 20.8 Å². The molecule has 0 radical (unpaired) electrons. The van der Waals surface area contributed by atoms with Gasteiger partial charge in [-0.3, -0.25) is 4.79 Å². The van der Waals surface area contributed by atoms with E-state index in [0.717, 1.165) is 11.3 Å². The predicted molar refractivity (Wildman–Crippen MR) is 55.1 cm³/mol. The number of ketones is 1. The van der Waals surface area contributed by atoms with Gasteiger partial charge in [-0.1, -0.05) is 0 Å². The predicted octanol–water partition coefficient (Wildman–Crippen LogP) is 3.03. The van der Waals surface area contributed by atoms with Gasteiger partial charge >= 0.3 is 0 Å². The number of rotatable bonds is 2. The summed E-state index contributed by atoms with van der Waals surface area (Å²) < 4.78 is 10.4. The van der Waals surface area contributed by atoms with Crippen molar-refractivity contribution in [1.82, 2.24) is 0 Å². The number of furan rings is 2. The molecular formula is C12H12O3. The summed E-state index contributed by atoms with van der Waals surface area (Å²) in [5, 5.41) is 0. The molecule has 78 valence electrons. The first kappa shape index (κ1) is 9.77. The van der Waals surface area contributed by atoms with E-state index < -0.39 is 0 Å². The molecule has 3 heteroatoms. The summed E-state index contributed by atoms with van der Waals surface area (Å²) in [5.41, 5.74) is 1.54. The molecule has 0 saturated carbocycles. The summed E-state index contributed by atoms with van der Waals surface area (Å²) in [5.74, 6) is 1.64. The van der Waals surface area contributed by atoms with Crippen LogP contribution in [0.1, 0.15) is 33.2 Å². The van der Waals surface area contributed by atoms with Gasteiger partial charge in [0.15, 0.2) is 5.76 Å². The maximum atomic E-state index is 11.9. The number of hydrogen-bond donors (Lipinski definition) is 0. The third-order valence-electron chi connectivity index (χ3n) is 2.49. The lowest BCUT2D eigenvalue weighted by atomic mass is 10.1. The Bertz CT molecular complexity index is 483. The average Bonchev–Trinajstić information content (AvgIpc) is 2.74. The van der Waals surface area contributed by atoms with Crippen molar-refractivity contribution in [3.8, 4) is 0 Å². The van der Waals surface area contributed by atoms with Crippen LogP contribution < -0.4 is 0 Å². The number of aryl methyl sites for hydroxylation is 3. The van der Waals surface area contributed by atoms with Crippen LogP contribution in [0.25, 0.3) is 0 Å². The van der Waals surface area contributed by atoms with Crippen molar-refractivity contribution >= 4 is 5.78 Å². The fourth-order valence-electron chi connectivity index (χ4n) is 1.44. The monoisotopic (exact) mass is 204 g/mol. The van der Waals surface area contributed by atoms with Crippen LogP contribution >= 0.6 is 0 Å². The normalized spacial score (nSPS) is 10.6. The van der Waals surface area contributed by atoms with Crippen LogP contribution in [-0.4, -0.2) is 5.78 Å². The first-order valence-electron chi connectivity index (χ1n) is 4.75. The number of carbonyl (C=O) groups excluding carboxylic acids is 1. The molecule has 0 N–H and O–H groups in total. The Morgan fingerprint density at radius 2 is 1.93 bits per heavy atom. The summed E-state index contributed by atoms with van der Waals surface area (Å²) in [7, 11) is 0. The molecule has 0 aliphatic carbocycles. The molecule has 2 heterocycles. The summed E-state index contributed by atoms with van der Waals surface area (Å²) >= 11 is 0. The molecule has 0 aliphatic heterocycles. The molecule has 2 aromatic heterocycles. The lowest BCUT2D eigenvalue weighted by Gasteiger charge is -1.93. The highest BCUT2D eigenvalue weighted by Crippen LogP contribution is 2.19. The van der Waals surface area contributed by atoms with E-state index >= 15 is 0 Å². The van der Waals surface area contributed by atoms with Crippen molar-refractivity contribution in [3.63, 3.8) is 0 Å². The SMILES string of the molecule is Cc1cc(C(=O)c2ccoc2C)oc1C. The van der Waals surface area contributed by atoms with Crippen molar-refractivity contribution < 1.29 is 13.6 Å². The standard InChI is InChI=1S/C12H12O3/c1-7-6-11(15-8(7)2)12(13)10-4-5-14-9(10)3/h4-6H,1-3H3. The van der Waals surface area contributed by atoms with Gasteiger partial charge in [-0.15, -0.1) is 0 Å². The van der Waals surface area contributed by atoms with Gasteiger partial charge in [-0.2, -0.15) is 0 Å². The van der Waals surface area contributed by atoms with E-state index in [-0.39, 0.29) is 5.78 Å². The molecule has 0 aliphatic rings. The summed E-state index contributed by atoms with van der Waals surface area (Å²) in [4.78, 5) is 11.9. The highest BCUT2D eigenvalue weighted by Gasteiger charge is 2.18. The molecule has 0 aromatic carbocycles. The quantitative estimate of drug-likeness (QED) is 0.706. The maximum absolute atomic E-state index is 11.9. The van der Waals surface area contributed by atoms with Gasteiger partial charge in [0.25, 0.3) is 0 Å². The molecule has 0 fully saturated rings. The Morgan fingerprint density at radius 3 is 2.40 bits per heavy atom. The van der Waals surface area contributed by atoms with Crippen LogP contribution in [-0.2, 0) is 0 Å². The van der Waals surface area contributed by atoms with Crippen molar-refractivity contribution in [2.75, 3.05) is 0 Å². The van der Waals surface area contributed by atoms with E-state index in [1.807, 2.05) is 13.8 Å². The van der Waals surface area contributed by atoms with Crippen LogP contribution in [0.5, 0.6) is 0 Å². The molecule has 0 bridgehead atoms. The van der Waals surface area contributed by atoms with Gasteiger partial charge in [0.1, 0.15) is 11.5 Å². The van der Waals surface area contributed by atoms with E-state index in [1.165, 1.54) is 6.26 Å². The Kier molecular flexibility index (Phi) is 2.23. The van der Waals surface area contributed by atoms with Gasteiger partial charge in [0, 0.05) is 0 Å². The molecular weight excluding hydrogens is 192 g/mol. The summed E-state index contributed by atoms with van der Waals surface area (Å²) in [6.45, 7) is 5.52. The molecule has 0 amide bonds. The Balaban J connectivity index is 2.41. The second kappa shape index (κ2) is 3.42. The number of carbonyl (C=O) groups is 1. The number of hydrogen-bond acceptors (Lipinski definition) is 3. The lowest BCUT2D eigenvalue weighted by molar-refractivity contribution is 0.101. The van der Waals surface area contributed by atoms with Gasteiger partial charge in [-0.25, -0.2) is 0 Å². The zero-order valence-corrected chi connectivity index (χ0v) is 8.96. The molecule has 0 spiro atoms. The largest absolute Gasteiger partial charge is 0.469 e. The minimum atomic E-state index is -0.127. The van der Waals surface area contributed by atoms with E-state index in [2.05, 4.69) is 0 Å². The Hall–Kier alpha value is -1.77. The van der Waals surface area contributed by atoms with Crippen LogP contribution in [0.4, 0.5) is 0 Å². The molecule has 15 heavy (non-hydrogen) atoms. The Morgan fingerprint density at radius 1 is 1.20 bits per heavy atom. The van der Waals surface area contributed by atoms with Gasteiger partial charge < -0.3 is 8.83 Å². The van der Waals surface area contributed by atoms with Gasteiger partial charge in [-0.05, 0) is 38.5 Å². The minimum Gasteiger partial charge on any atom is -0.469 e. The molecule has 0 atom stereocenters. The topological polar surface area (TPSA) is 43.4 Å². The summed E-state index contributed by atoms with van der Waals surface area (Å²) in [6.07, 6.45) is 1.51. The molecule has 2 aromatic rings. The van der Waals surface area contributed by atoms with Gasteiger partial charge in [0.05, 0.1) is 11.8 Å². The minimum absolute atomic E-state index is 0.127. The zero-order chi connectivity index (χ0) is 11.0. The second-order valence-electron chi connectivity index (χ2n) is 3.57. The van der Waals surface area contributed by atoms with Crippen LogP contribution in [0.15, 0.2) is 27.2 Å². The second-order valence-corrected chi connectivity index (χ2v) is 3.57. The highest BCUT2D eigenvalue weighted by atomic mass is 16.4. The fraction of sp³-hybridized carbons (Fsp3) is 0.250. The van der Waals surface area contributed by atoms with Crippen LogP contribution in [0.3, 0.4) is 0 Å². The van der Waals surface area contributed by atoms with E-state index in [1.54, 1.807) is 19.1 Å². The van der Waals surface area contributed by atoms with Gasteiger partial charge in [0.2, 0.25) is 5.78 Å². The third kappa shape index (κ3) is 1.61. The van der Waals surface area contributed by atoms with E-state index in [4.69, 9.17) is 8.83 Å². The van der Waals surface area contributed by atoms with E-state index in [9.17, 15) is 4.79 Å². The van der Waals surface area contributed by atoms with E-state index in [0.29, 0.717) is 17.1 Å². The molecule has 2 rings (SSSR count). The smallest absolute Gasteiger partial charge is 0.231 e. The average molecular weight is 204 g/mol. The first-order chi connectivity index (χ1) is 7.09. The molecule has 0 unspecified atom stereocenters. The molecule has 0 saturated heterocycles. The maximum Gasteiger partial charge on any atom is 0.231 e. The Labute approximate surface area is 87.7 Å². The molecule has 3 nitrogen and oxygen atoms in total. The fourth-order valence-corrected chi connectivity index (χ4v) is 1.44. The van der Waals surface area contributed by atoms with Crippen molar-refractivity contribution in [3.05, 3.63) is 46.8 Å². The zero-order valence-electron chi connectivity index (χ0n) is 8.96. The van der Waals surface area contributed by atoms with Crippen molar-refractivity contribution in [2.24, 2.45) is 0 Å². The summed E-state index contributed by atoms with van der Waals surface area (Å²) in [6, 6.07) is 3.41. The highest BCUT2D eigenvalue weighted by molar-refractivity contribution is 6.07. The third-order valence-corrected chi connectivity index (χ3v) is 2.49.